The molecule has 4 nitrogen and oxygen atoms in total. The quantitative estimate of drug-likeness (QED) is 0.138. The van der Waals surface area contributed by atoms with Crippen molar-refractivity contribution in [2.24, 2.45) is 5.10 Å². The standard InChI is InChI=1S/C47H34N4/c48-43-29-34(23-26-45(43)51-50-38-24-21-31(22-25-38)37-28-35-13-4-9-20-44(35)49-30-37)33-14-10-15-36(27-33)47-41-18-7-5-16-39(41)46(32-11-2-1-3-12-32)40-17-6-8-19-42(40)47/h1-5,7-16,18-30,48,50H,6,17H2/p+1/b48-43?,51-45-. The molecule has 1 aromatic heterocycles. The molecule has 0 atom stereocenters. The number of hydrogen-bond acceptors (Lipinski definition) is 3. The number of nitrogens with one attached hydrogen (secondary N) is 1. The van der Waals surface area contributed by atoms with E-state index < -0.39 is 0 Å². The van der Waals surface area contributed by atoms with Crippen LogP contribution in [0.1, 0.15) is 23.1 Å². The molecule has 3 N–H and O–H groups in total. The van der Waals surface area contributed by atoms with Crippen LogP contribution in [0.3, 0.4) is 0 Å². The third-order valence-corrected chi connectivity index (χ3v) is 9.90. The molecule has 51 heavy (non-hydrogen) atoms. The van der Waals surface area contributed by atoms with Crippen molar-refractivity contribution < 1.29 is 5.41 Å². The van der Waals surface area contributed by atoms with Crippen molar-refractivity contribution in [2.45, 2.75) is 12.8 Å². The first-order chi connectivity index (χ1) is 25.2. The molecule has 6 aromatic carbocycles. The van der Waals surface area contributed by atoms with E-state index in [-0.39, 0.29) is 0 Å². The van der Waals surface area contributed by atoms with Gasteiger partial charge in [-0.2, -0.15) is 5.10 Å². The molecule has 0 amide bonds. The summed E-state index contributed by atoms with van der Waals surface area (Å²) in [7, 11) is 0. The van der Waals surface area contributed by atoms with Gasteiger partial charge in [0.15, 0.2) is 5.71 Å². The summed E-state index contributed by atoms with van der Waals surface area (Å²) >= 11 is 0. The number of hydrazone groups is 1. The van der Waals surface area contributed by atoms with Gasteiger partial charge in [-0.3, -0.25) is 15.8 Å². The predicted octanol–water partition coefficient (Wildman–Crippen LogP) is 9.97. The van der Waals surface area contributed by atoms with E-state index >= 15 is 0 Å². The van der Waals surface area contributed by atoms with E-state index in [1.54, 1.807) is 0 Å². The number of rotatable bonds is 6. The average molecular weight is 656 g/mol. The van der Waals surface area contributed by atoms with Crippen LogP contribution in [-0.2, 0) is 6.42 Å². The highest BCUT2D eigenvalue weighted by molar-refractivity contribution is 6.50. The molecule has 0 saturated heterocycles. The summed E-state index contributed by atoms with van der Waals surface area (Å²) in [6.45, 7) is 0. The van der Waals surface area contributed by atoms with Crippen molar-refractivity contribution in [1.29, 1.82) is 0 Å². The number of benzene rings is 6. The number of allylic oxidation sites excluding steroid dienone is 5. The summed E-state index contributed by atoms with van der Waals surface area (Å²) in [6.07, 6.45) is 14.7. The van der Waals surface area contributed by atoms with Crippen LogP contribution in [0.25, 0.3) is 66.7 Å². The highest BCUT2D eigenvalue weighted by Crippen LogP contribution is 2.45. The Morgan fingerprint density at radius 2 is 1.35 bits per heavy atom. The zero-order chi connectivity index (χ0) is 34.1. The lowest BCUT2D eigenvalue weighted by Gasteiger charge is -2.24. The number of pyridine rings is 1. The summed E-state index contributed by atoms with van der Waals surface area (Å²) < 4.78 is 0. The molecular weight excluding hydrogens is 621 g/mol. The van der Waals surface area contributed by atoms with E-state index in [2.05, 4.69) is 137 Å². The summed E-state index contributed by atoms with van der Waals surface area (Å²) in [5.74, 6) is 0. The minimum atomic E-state index is 0.613. The van der Waals surface area contributed by atoms with Crippen LogP contribution in [0.5, 0.6) is 0 Å². The molecule has 0 radical (unpaired) electrons. The SMILES string of the molecule is [NH2+]=C1C=C(c2cccc(-c3c4c(c(-c5ccccc5)c5ccccc35)CCC=C4)c2)C=C/C1=N/Nc1ccc(-c2cnc3ccccc3c2)cc1. The van der Waals surface area contributed by atoms with Crippen LogP contribution in [0, 0.1) is 0 Å². The molecular formula is C47H35N4+. The molecule has 0 fully saturated rings. The Hall–Kier alpha value is -6.65. The Morgan fingerprint density at radius 3 is 2.20 bits per heavy atom. The monoisotopic (exact) mass is 655 g/mol. The van der Waals surface area contributed by atoms with Gasteiger partial charge in [0.05, 0.1) is 11.2 Å². The number of para-hydroxylation sites is 1. The van der Waals surface area contributed by atoms with Crippen molar-refractivity contribution in [3.8, 4) is 33.4 Å². The largest absolute Gasteiger partial charge is 0.278 e. The molecule has 9 rings (SSSR count). The Balaban J connectivity index is 0.989. The van der Waals surface area contributed by atoms with Crippen LogP contribution in [-0.4, -0.2) is 16.4 Å². The molecule has 7 aromatic rings. The Morgan fingerprint density at radius 1 is 0.608 bits per heavy atom. The van der Waals surface area contributed by atoms with Gasteiger partial charge in [0.1, 0.15) is 0 Å². The van der Waals surface area contributed by atoms with Crippen LogP contribution in [0.4, 0.5) is 5.69 Å². The fourth-order valence-electron chi connectivity index (χ4n) is 7.41. The number of fused-ring (bicyclic) bond motifs is 3. The van der Waals surface area contributed by atoms with Gasteiger partial charge in [-0.1, -0.05) is 121 Å². The third kappa shape index (κ3) is 5.77. The molecule has 0 aliphatic heterocycles. The van der Waals surface area contributed by atoms with E-state index in [0.717, 1.165) is 51.7 Å². The first-order valence-corrected chi connectivity index (χ1v) is 17.4. The molecule has 0 unspecified atom stereocenters. The van der Waals surface area contributed by atoms with Crippen molar-refractivity contribution in [1.82, 2.24) is 4.98 Å². The Kier molecular flexibility index (Phi) is 7.75. The van der Waals surface area contributed by atoms with E-state index in [0.29, 0.717) is 11.4 Å². The minimum Gasteiger partial charge on any atom is -0.278 e. The predicted molar refractivity (Wildman–Crippen MR) is 214 cm³/mol. The molecule has 4 heteroatoms. The second kappa shape index (κ2) is 13.0. The fourth-order valence-corrected chi connectivity index (χ4v) is 7.41. The molecule has 0 saturated carbocycles. The number of aromatic nitrogens is 1. The molecule has 1 heterocycles. The summed E-state index contributed by atoms with van der Waals surface area (Å²) in [6, 6.07) is 47.0. The van der Waals surface area contributed by atoms with Crippen LogP contribution >= 0.6 is 0 Å². The van der Waals surface area contributed by atoms with Gasteiger partial charge >= 0.3 is 0 Å². The van der Waals surface area contributed by atoms with E-state index in [1.165, 1.54) is 44.2 Å². The van der Waals surface area contributed by atoms with Gasteiger partial charge in [0, 0.05) is 23.2 Å². The van der Waals surface area contributed by atoms with Gasteiger partial charge in [-0.05, 0) is 110 Å². The van der Waals surface area contributed by atoms with Crippen LogP contribution in [0.15, 0.2) is 169 Å². The van der Waals surface area contributed by atoms with Crippen LogP contribution < -0.4 is 10.8 Å². The lowest BCUT2D eigenvalue weighted by atomic mass is 9.80. The molecule has 242 valence electrons. The number of nitrogens with zero attached hydrogens (tertiary/aromatic N) is 2. The maximum atomic E-state index is 6.61. The topological polar surface area (TPSA) is 62.9 Å². The zero-order valence-corrected chi connectivity index (χ0v) is 28.1. The van der Waals surface area contributed by atoms with Crippen molar-refractivity contribution >= 4 is 50.4 Å². The zero-order valence-electron chi connectivity index (χ0n) is 28.1. The van der Waals surface area contributed by atoms with Crippen molar-refractivity contribution in [3.05, 3.63) is 181 Å². The number of nitrogens with two attached hydrogens (primary N) is 1. The van der Waals surface area contributed by atoms with Gasteiger partial charge in [0.2, 0.25) is 5.71 Å². The number of hydrogen-bond donors (Lipinski definition) is 2. The van der Waals surface area contributed by atoms with Gasteiger partial charge in [-0.15, -0.1) is 0 Å². The molecule has 0 spiro atoms. The van der Waals surface area contributed by atoms with E-state index in [1.807, 2.05) is 48.7 Å². The summed E-state index contributed by atoms with van der Waals surface area (Å²) in [5, 5.41) is 14.9. The molecule has 2 aliphatic rings. The average Bonchev–Trinajstić information content (AvgIpc) is 3.20. The molecule has 2 aliphatic carbocycles. The third-order valence-electron chi connectivity index (χ3n) is 9.90. The summed E-state index contributed by atoms with van der Waals surface area (Å²) in [4.78, 5) is 4.61. The smallest absolute Gasteiger partial charge is 0.225 e. The van der Waals surface area contributed by atoms with Gasteiger partial charge in [0.25, 0.3) is 0 Å². The first-order valence-electron chi connectivity index (χ1n) is 17.4. The van der Waals surface area contributed by atoms with E-state index in [4.69, 9.17) is 5.41 Å². The van der Waals surface area contributed by atoms with Gasteiger partial charge < -0.3 is 0 Å². The maximum Gasteiger partial charge on any atom is 0.225 e. The minimum absolute atomic E-state index is 0.613. The second-order valence-electron chi connectivity index (χ2n) is 13.1. The summed E-state index contributed by atoms with van der Waals surface area (Å²) in [5.41, 5.74) is 18.5. The lowest BCUT2D eigenvalue weighted by molar-refractivity contribution is -0.108. The highest BCUT2D eigenvalue weighted by atomic mass is 15.3. The highest BCUT2D eigenvalue weighted by Gasteiger charge is 2.22. The van der Waals surface area contributed by atoms with Gasteiger partial charge in [-0.25, -0.2) is 0 Å². The second-order valence-corrected chi connectivity index (χ2v) is 13.1. The Bertz CT molecular complexity index is 2610. The van der Waals surface area contributed by atoms with Crippen LogP contribution in [0.2, 0.25) is 0 Å². The first kappa shape index (κ1) is 30.4. The lowest BCUT2D eigenvalue weighted by Crippen LogP contribution is -2.44. The fraction of sp³-hybridized carbons (Fsp3) is 0.0426. The van der Waals surface area contributed by atoms with E-state index in [9.17, 15) is 0 Å². The number of anilines is 1. The Labute approximate surface area is 297 Å². The van der Waals surface area contributed by atoms with Crippen molar-refractivity contribution in [3.63, 3.8) is 0 Å². The van der Waals surface area contributed by atoms with Crippen molar-refractivity contribution in [2.75, 3.05) is 5.43 Å². The maximum absolute atomic E-state index is 6.61. The normalized spacial score (nSPS) is 14.5. The molecule has 0 bridgehead atoms.